The number of hydrogen-bond donors (Lipinski definition) is 1. The van der Waals surface area contributed by atoms with Crippen LogP contribution in [0.4, 0.5) is 11.4 Å². The van der Waals surface area contributed by atoms with Crippen molar-refractivity contribution in [2.75, 3.05) is 37.0 Å². The Morgan fingerprint density at radius 1 is 1.27 bits per heavy atom. The lowest BCUT2D eigenvalue weighted by Gasteiger charge is -2.29. The molecular weight excluding hydrogens is 404 g/mol. The second-order valence-corrected chi connectivity index (χ2v) is 7.97. The zero-order valence-corrected chi connectivity index (χ0v) is 17.6. The van der Waals surface area contributed by atoms with E-state index in [2.05, 4.69) is 15.4 Å². The standard InChI is InChI=1S/C21H24N4O4S/c1-16-2-5-19(6-3-16)30-13-8-21(26)23-22-15-17-14-18(25(27)28)4-7-20(17)24-9-11-29-12-10-24/h2-7,14-15H,8-13H2,1H3,(H,23,26)/b22-15-. The van der Waals surface area contributed by atoms with E-state index in [1.165, 1.54) is 23.9 Å². The Bertz CT molecular complexity index is 912. The van der Waals surface area contributed by atoms with Gasteiger partial charge in [-0.05, 0) is 25.1 Å². The molecule has 0 spiro atoms. The van der Waals surface area contributed by atoms with E-state index in [9.17, 15) is 14.9 Å². The van der Waals surface area contributed by atoms with Crippen molar-refractivity contribution in [3.05, 3.63) is 63.7 Å². The molecule has 3 rings (SSSR count). The van der Waals surface area contributed by atoms with Crippen LogP contribution in [0.1, 0.15) is 17.5 Å². The molecule has 1 saturated heterocycles. The molecule has 0 radical (unpaired) electrons. The summed E-state index contributed by atoms with van der Waals surface area (Å²) in [6.07, 6.45) is 1.78. The van der Waals surface area contributed by atoms with Crippen molar-refractivity contribution < 1.29 is 14.5 Å². The van der Waals surface area contributed by atoms with Crippen molar-refractivity contribution in [2.45, 2.75) is 18.2 Å². The summed E-state index contributed by atoms with van der Waals surface area (Å²) in [4.78, 5) is 26.0. The highest BCUT2D eigenvalue weighted by Crippen LogP contribution is 2.25. The predicted octanol–water partition coefficient (Wildman–Crippen LogP) is 3.37. The van der Waals surface area contributed by atoms with Gasteiger partial charge in [-0.3, -0.25) is 14.9 Å². The zero-order valence-electron chi connectivity index (χ0n) is 16.7. The van der Waals surface area contributed by atoms with Crippen LogP contribution in [0.5, 0.6) is 0 Å². The number of amides is 1. The summed E-state index contributed by atoms with van der Waals surface area (Å²) < 4.78 is 5.37. The van der Waals surface area contributed by atoms with E-state index in [1.54, 1.807) is 17.8 Å². The number of nitro benzene ring substituents is 1. The van der Waals surface area contributed by atoms with Crippen molar-refractivity contribution in [1.82, 2.24) is 5.43 Å². The monoisotopic (exact) mass is 428 g/mol. The molecule has 1 aliphatic rings. The van der Waals surface area contributed by atoms with E-state index >= 15 is 0 Å². The molecule has 0 aliphatic carbocycles. The molecule has 2 aromatic rings. The molecule has 1 aliphatic heterocycles. The smallest absolute Gasteiger partial charge is 0.270 e. The van der Waals surface area contributed by atoms with Crippen molar-refractivity contribution in [3.63, 3.8) is 0 Å². The first-order chi connectivity index (χ1) is 14.5. The maximum atomic E-state index is 12.1. The number of hydrazone groups is 1. The van der Waals surface area contributed by atoms with Crippen LogP contribution in [0.3, 0.4) is 0 Å². The van der Waals surface area contributed by atoms with Gasteiger partial charge in [-0.25, -0.2) is 5.43 Å². The molecule has 30 heavy (non-hydrogen) atoms. The van der Waals surface area contributed by atoms with Crippen LogP contribution in [0.2, 0.25) is 0 Å². The Balaban J connectivity index is 1.58. The van der Waals surface area contributed by atoms with Crippen LogP contribution in [0.25, 0.3) is 0 Å². The second kappa shape index (κ2) is 10.7. The molecule has 158 valence electrons. The van der Waals surface area contributed by atoms with Crippen LogP contribution in [0, 0.1) is 17.0 Å². The summed E-state index contributed by atoms with van der Waals surface area (Å²) in [6, 6.07) is 12.8. The predicted molar refractivity (Wildman–Crippen MR) is 118 cm³/mol. The summed E-state index contributed by atoms with van der Waals surface area (Å²) in [7, 11) is 0. The van der Waals surface area contributed by atoms with Gasteiger partial charge in [0.15, 0.2) is 0 Å². The fourth-order valence-corrected chi connectivity index (χ4v) is 3.83. The Morgan fingerprint density at radius 3 is 2.70 bits per heavy atom. The topological polar surface area (TPSA) is 97.1 Å². The highest BCUT2D eigenvalue weighted by Gasteiger charge is 2.17. The highest BCUT2D eigenvalue weighted by molar-refractivity contribution is 7.99. The fraction of sp³-hybridized carbons (Fsp3) is 0.333. The molecule has 0 atom stereocenters. The van der Waals surface area contributed by atoms with Gasteiger partial charge in [0.1, 0.15) is 0 Å². The number of thioether (sulfide) groups is 1. The third-order valence-corrected chi connectivity index (χ3v) is 5.60. The number of aryl methyl sites for hydroxylation is 1. The van der Waals surface area contributed by atoms with Gasteiger partial charge in [0.25, 0.3) is 5.69 Å². The van der Waals surface area contributed by atoms with Gasteiger partial charge in [0.05, 0.1) is 24.4 Å². The van der Waals surface area contributed by atoms with Crippen molar-refractivity contribution in [3.8, 4) is 0 Å². The fourth-order valence-electron chi connectivity index (χ4n) is 2.98. The molecular formula is C21H24N4O4S. The summed E-state index contributed by atoms with van der Waals surface area (Å²) in [5.74, 6) is 0.435. The lowest BCUT2D eigenvalue weighted by atomic mass is 10.1. The number of benzene rings is 2. The van der Waals surface area contributed by atoms with E-state index in [0.717, 1.165) is 10.6 Å². The Kier molecular flexibility index (Phi) is 7.81. The van der Waals surface area contributed by atoms with E-state index in [4.69, 9.17) is 4.74 Å². The highest BCUT2D eigenvalue weighted by atomic mass is 32.2. The first-order valence-corrected chi connectivity index (χ1v) is 10.6. The first kappa shape index (κ1) is 21.8. The van der Waals surface area contributed by atoms with Crippen molar-refractivity contribution >= 4 is 35.3 Å². The largest absolute Gasteiger partial charge is 0.378 e. The number of morpholine rings is 1. The van der Waals surface area contributed by atoms with Crippen LogP contribution in [0.15, 0.2) is 52.5 Å². The molecule has 0 unspecified atom stereocenters. The number of carbonyl (C=O) groups excluding carboxylic acids is 1. The second-order valence-electron chi connectivity index (χ2n) is 6.80. The minimum absolute atomic E-state index is 0.0192. The molecule has 1 heterocycles. The lowest BCUT2D eigenvalue weighted by Crippen LogP contribution is -2.36. The van der Waals surface area contributed by atoms with Gasteiger partial charge in [-0.1, -0.05) is 17.7 Å². The normalized spacial score (nSPS) is 14.1. The van der Waals surface area contributed by atoms with Crippen LogP contribution < -0.4 is 10.3 Å². The van der Waals surface area contributed by atoms with Gasteiger partial charge in [0, 0.05) is 53.5 Å². The molecule has 0 bridgehead atoms. The average molecular weight is 429 g/mol. The van der Waals surface area contributed by atoms with E-state index in [-0.39, 0.29) is 11.6 Å². The maximum absolute atomic E-state index is 12.1. The molecule has 0 aromatic heterocycles. The van der Waals surface area contributed by atoms with Crippen LogP contribution in [-0.4, -0.2) is 49.1 Å². The molecule has 1 fully saturated rings. The summed E-state index contributed by atoms with van der Waals surface area (Å²) in [5.41, 5.74) is 5.10. The number of nitrogens with one attached hydrogen (secondary N) is 1. The first-order valence-electron chi connectivity index (χ1n) is 9.65. The molecule has 9 heteroatoms. The Hall–Kier alpha value is -2.91. The number of nitro groups is 1. The van der Waals surface area contributed by atoms with E-state index in [1.807, 2.05) is 31.2 Å². The molecule has 2 aromatic carbocycles. The number of nitrogens with zero attached hydrogens (tertiary/aromatic N) is 3. The SMILES string of the molecule is Cc1ccc(SCCC(=O)N/N=C\c2cc([N+](=O)[O-])ccc2N2CCOCC2)cc1. The van der Waals surface area contributed by atoms with Crippen molar-refractivity contribution in [1.29, 1.82) is 0 Å². The van der Waals surface area contributed by atoms with Crippen LogP contribution >= 0.6 is 11.8 Å². The van der Waals surface area contributed by atoms with Crippen LogP contribution in [-0.2, 0) is 9.53 Å². The molecule has 1 N–H and O–H groups in total. The number of anilines is 1. The zero-order chi connectivity index (χ0) is 21.3. The van der Waals surface area contributed by atoms with E-state index < -0.39 is 4.92 Å². The maximum Gasteiger partial charge on any atom is 0.270 e. The van der Waals surface area contributed by atoms with E-state index in [0.29, 0.717) is 44.0 Å². The molecule has 8 nitrogen and oxygen atoms in total. The average Bonchev–Trinajstić information content (AvgIpc) is 2.75. The summed E-state index contributed by atoms with van der Waals surface area (Å²) in [6.45, 7) is 4.63. The van der Waals surface area contributed by atoms with Gasteiger partial charge >= 0.3 is 0 Å². The number of ether oxygens (including phenoxy) is 1. The number of carbonyl (C=O) groups is 1. The van der Waals surface area contributed by atoms with Gasteiger partial charge in [-0.15, -0.1) is 11.8 Å². The Labute approximate surface area is 179 Å². The van der Waals surface area contributed by atoms with Gasteiger partial charge in [-0.2, -0.15) is 5.10 Å². The molecule has 0 saturated carbocycles. The van der Waals surface area contributed by atoms with Gasteiger partial charge < -0.3 is 9.64 Å². The number of hydrogen-bond acceptors (Lipinski definition) is 7. The quantitative estimate of drug-likeness (QED) is 0.300. The summed E-state index contributed by atoms with van der Waals surface area (Å²) in [5, 5.41) is 15.2. The molecule has 1 amide bonds. The Morgan fingerprint density at radius 2 is 2.00 bits per heavy atom. The third kappa shape index (κ3) is 6.30. The summed E-state index contributed by atoms with van der Waals surface area (Å²) >= 11 is 1.61. The van der Waals surface area contributed by atoms with Crippen molar-refractivity contribution in [2.24, 2.45) is 5.10 Å². The number of non-ortho nitro benzene ring substituents is 1. The minimum atomic E-state index is -0.443. The van der Waals surface area contributed by atoms with Gasteiger partial charge in [0.2, 0.25) is 5.91 Å². The lowest BCUT2D eigenvalue weighted by molar-refractivity contribution is -0.384. The third-order valence-electron chi connectivity index (χ3n) is 4.59. The number of rotatable bonds is 8. The minimum Gasteiger partial charge on any atom is -0.378 e.